The number of rotatable bonds is 2. The number of anilines is 1. The van der Waals surface area contributed by atoms with E-state index in [0.29, 0.717) is 37.6 Å². The largest absolute Gasteiger partial charge is 0.378 e. The Morgan fingerprint density at radius 2 is 1.95 bits per heavy atom. The first-order valence-electron chi connectivity index (χ1n) is 6.33. The first-order chi connectivity index (χ1) is 9.08. The van der Waals surface area contributed by atoms with Crippen LogP contribution in [0, 0.1) is 6.92 Å². The van der Waals surface area contributed by atoms with Crippen molar-refractivity contribution in [1.29, 1.82) is 0 Å². The highest BCUT2D eigenvalue weighted by Gasteiger charge is 2.19. The van der Waals surface area contributed by atoms with Crippen molar-refractivity contribution in [2.75, 3.05) is 31.6 Å². The average Bonchev–Trinajstić information content (AvgIpc) is 2.38. The van der Waals surface area contributed by atoms with Gasteiger partial charge in [-0.2, -0.15) is 0 Å². The quantitative estimate of drug-likeness (QED) is 0.877. The van der Waals surface area contributed by atoms with Crippen LogP contribution < -0.4 is 5.32 Å². The molecule has 1 heterocycles. The molecule has 2 amide bonds. The van der Waals surface area contributed by atoms with Crippen molar-refractivity contribution in [1.82, 2.24) is 4.90 Å². The maximum atomic E-state index is 12.3. The number of morpholine rings is 1. The molecule has 0 atom stereocenters. The lowest BCUT2D eigenvalue weighted by Gasteiger charge is -2.27. The molecule has 5 nitrogen and oxygen atoms in total. The van der Waals surface area contributed by atoms with Gasteiger partial charge in [0.2, 0.25) is 5.91 Å². The van der Waals surface area contributed by atoms with Gasteiger partial charge in [0.05, 0.1) is 13.2 Å². The van der Waals surface area contributed by atoms with Crippen LogP contribution in [-0.4, -0.2) is 43.0 Å². The van der Waals surface area contributed by atoms with E-state index in [4.69, 9.17) is 4.74 Å². The van der Waals surface area contributed by atoms with Gasteiger partial charge in [-0.05, 0) is 30.7 Å². The van der Waals surface area contributed by atoms with E-state index in [0.717, 1.165) is 5.56 Å². The number of hydrogen-bond donors (Lipinski definition) is 1. The number of amides is 2. The zero-order chi connectivity index (χ0) is 13.8. The summed E-state index contributed by atoms with van der Waals surface area (Å²) in [7, 11) is 0. The molecular formula is C14H18N2O3. The second-order valence-corrected chi connectivity index (χ2v) is 4.62. The number of hydrogen-bond acceptors (Lipinski definition) is 3. The number of benzene rings is 1. The van der Waals surface area contributed by atoms with Crippen molar-refractivity contribution >= 4 is 17.5 Å². The fourth-order valence-electron chi connectivity index (χ4n) is 2.12. The van der Waals surface area contributed by atoms with Crippen LogP contribution in [0.15, 0.2) is 18.2 Å². The molecule has 1 saturated heterocycles. The van der Waals surface area contributed by atoms with Gasteiger partial charge >= 0.3 is 0 Å². The smallest absolute Gasteiger partial charge is 0.254 e. The maximum absolute atomic E-state index is 12.3. The molecular weight excluding hydrogens is 244 g/mol. The number of ether oxygens (including phenoxy) is 1. The van der Waals surface area contributed by atoms with E-state index in [1.165, 1.54) is 6.92 Å². The Hall–Kier alpha value is -1.88. The molecule has 0 radical (unpaired) electrons. The van der Waals surface area contributed by atoms with E-state index in [1.54, 1.807) is 17.0 Å². The predicted molar refractivity (Wildman–Crippen MR) is 72.2 cm³/mol. The molecule has 2 rings (SSSR count). The molecule has 1 N–H and O–H groups in total. The fourth-order valence-corrected chi connectivity index (χ4v) is 2.12. The summed E-state index contributed by atoms with van der Waals surface area (Å²) in [4.78, 5) is 25.1. The van der Waals surface area contributed by atoms with E-state index >= 15 is 0 Å². The second-order valence-electron chi connectivity index (χ2n) is 4.62. The molecule has 1 aromatic rings. The number of carbonyl (C=O) groups excluding carboxylic acids is 2. The van der Waals surface area contributed by atoms with Crippen LogP contribution in [0.25, 0.3) is 0 Å². The first-order valence-corrected chi connectivity index (χ1v) is 6.33. The normalized spacial score (nSPS) is 15.2. The first kappa shape index (κ1) is 13.5. The second kappa shape index (κ2) is 5.84. The summed E-state index contributed by atoms with van der Waals surface area (Å²) < 4.78 is 5.24. The van der Waals surface area contributed by atoms with Crippen molar-refractivity contribution < 1.29 is 14.3 Å². The highest BCUT2D eigenvalue weighted by atomic mass is 16.5. The molecule has 0 aromatic heterocycles. The van der Waals surface area contributed by atoms with Gasteiger partial charge in [-0.15, -0.1) is 0 Å². The summed E-state index contributed by atoms with van der Waals surface area (Å²) in [6.45, 7) is 5.78. The topological polar surface area (TPSA) is 58.6 Å². The number of carbonyl (C=O) groups is 2. The van der Waals surface area contributed by atoms with Crippen molar-refractivity contribution in [3.8, 4) is 0 Å². The van der Waals surface area contributed by atoms with Crippen molar-refractivity contribution in [3.63, 3.8) is 0 Å². The minimum Gasteiger partial charge on any atom is -0.378 e. The zero-order valence-corrected chi connectivity index (χ0v) is 11.2. The van der Waals surface area contributed by atoms with Crippen LogP contribution in [-0.2, 0) is 9.53 Å². The molecule has 1 fully saturated rings. The van der Waals surface area contributed by atoms with Crippen LogP contribution in [0.2, 0.25) is 0 Å². The summed E-state index contributed by atoms with van der Waals surface area (Å²) in [5.41, 5.74) is 2.25. The van der Waals surface area contributed by atoms with Crippen LogP contribution in [0.4, 0.5) is 5.69 Å². The van der Waals surface area contributed by atoms with Gasteiger partial charge in [0.15, 0.2) is 0 Å². The molecule has 19 heavy (non-hydrogen) atoms. The van der Waals surface area contributed by atoms with E-state index in [2.05, 4.69) is 5.32 Å². The number of nitrogens with zero attached hydrogens (tertiary/aromatic N) is 1. The molecule has 0 bridgehead atoms. The Balaban J connectivity index is 2.15. The SMILES string of the molecule is CC(=O)Nc1ccc(C(=O)N2CCOCC2)c(C)c1. The summed E-state index contributed by atoms with van der Waals surface area (Å²) in [5, 5.41) is 2.71. The predicted octanol–water partition coefficient (Wildman–Crippen LogP) is 1.43. The van der Waals surface area contributed by atoms with Gasteiger partial charge < -0.3 is 15.0 Å². The molecule has 5 heteroatoms. The molecule has 0 saturated carbocycles. The van der Waals surface area contributed by atoms with Gasteiger partial charge in [-0.25, -0.2) is 0 Å². The van der Waals surface area contributed by atoms with Gasteiger partial charge in [-0.1, -0.05) is 0 Å². The van der Waals surface area contributed by atoms with Crippen LogP contribution in [0.1, 0.15) is 22.8 Å². The van der Waals surface area contributed by atoms with E-state index in [9.17, 15) is 9.59 Å². The van der Waals surface area contributed by atoms with Crippen LogP contribution in [0.5, 0.6) is 0 Å². The minimum atomic E-state index is -0.119. The average molecular weight is 262 g/mol. The van der Waals surface area contributed by atoms with E-state index in [1.807, 2.05) is 13.0 Å². The Kier molecular flexibility index (Phi) is 4.16. The van der Waals surface area contributed by atoms with Crippen LogP contribution >= 0.6 is 0 Å². The van der Waals surface area contributed by atoms with Gasteiger partial charge in [0.1, 0.15) is 0 Å². The third-order valence-corrected chi connectivity index (χ3v) is 3.08. The fraction of sp³-hybridized carbons (Fsp3) is 0.429. The Bertz CT molecular complexity index is 493. The summed E-state index contributed by atoms with van der Waals surface area (Å²) >= 11 is 0. The maximum Gasteiger partial charge on any atom is 0.254 e. The van der Waals surface area contributed by atoms with Crippen molar-refractivity contribution in [2.45, 2.75) is 13.8 Å². The molecule has 0 unspecified atom stereocenters. The van der Waals surface area contributed by atoms with Crippen molar-refractivity contribution in [2.24, 2.45) is 0 Å². The summed E-state index contributed by atoms with van der Waals surface area (Å²) in [6.07, 6.45) is 0. The lowest BCUT2D eigenvalue weighted by Crippen LogP contribution is -2.40. The molecule has 0 spiro atoms. The van der Waals surface area contributed by atoms with E-state index < -0.39 is 0 Å². The Labute approximate surface area is 112 Å². The molecule has 1 aliphatic rings. The Morgan fingerprint density at radius 3 is 2.53 bits per heavy atom. The standard InChI is InChI=1S/C14H18N2O3/c1-10-9-12(15-11(2)17)3-4-13(10)14(18)16-5-7-19-8-6-16/h3-4,9H,5-8H2,1-2H3,(H,15,17). The molecule has 102 valence electrons. The van der Waals surface area contributed by atoms with Gasteiger partial charge in [0.25, 0.3) is 5.91 Å². The lowest BCUT2D eigenvalue weighted by atomic mass is 10.1. The van der Waals surface area contributed by atoms with Crippen LogP contribution in [0.3, 0.4) is 0 Å². The number of aryl methyl sites for hydroxylation is 1. The molecule has 1 aliphatic heterocycles. The summed E-state index contributed by atoms with van der Waals surface area (Å²) in [5.74, 6) is -0.0955. The van der Waals surface area contributed by atoms with Crippen molar-refractivity contribution in [3.05, 3.63) is 29.3 Å². The lowest BCUT2D eigenvalue weighted by molar-refractivity contribution is -0.114. The molecule has 0 aliphatic carbocycles. The monoisotopic (exact) mass is 262 g/mol. The van der Waals surface area contributed by atoms with Gasteiger partial charge in [0, 0.05) is 31.3 Å². The zero-order valence-electron chi connectivity index (χ0n) is 11.2. The van der Waals surface area contributed by atoms with E-state index in [-0.39, 0.29) is 11.8 Å². The summed E-state index contributed by atoms with van der Waals surface area (Å²) in [6, 6.07) is 5.33. The Morgan fingerprint density at radius 1 is 1.26 bits per heavy atom. The minimum absolute atomic E-state index is 0.0233. The highest BCUT2D eigenvalue weighted by molar-refractivity contribution is 5.97. The highest BCUT2D eigenvalue weighted by Crippen LogP contribution is 2.17. The molecule has 1 aromatic carbocycles. The van der Waals surface area contributed by atoms with Gasteiger partial charge in [-0.3, -0.25) is 9.59 Å². The number of nitrogens with one attached hydrogen (secondary N) is 1. The third kappa shape index (κ3) is 3.32. The third-order valence-electron chi connectivity index (χ3n) is 3.08.